The first-order valence-corrected chi connectivity index (χ1v) is 10.1. The lowest BCUT2D eigenvalue weighted by Crippen LogP contribution is -2.32. The van der Waals surface area contributed by atoms with Crippen LogP contribution in [0.2, 0.25) is 0 Å². The van der Waals surface area contributed by atoms with Crippen molar-refractivity contribution in [3.63, 3.8) is 0 Å². The third kappa shape index (κ3) is 4.00. The van der Waals surface area contributed by atoms with Gasteiger partial charge in [0.1, 0.15) is 11.5 Å². The molecule has 0 fully saturated rings. The van der Waals surface area contributed by atoms with Gasteiger partial charge in [-0.1, -0.05) is 58.4 Å². The lowest BCUT2D eigenvalue weighted by molar-refractivity contribution is -0.113. The molecule has 1 heterocycles. The number of anilines is 2. The largest absolute Gasteiger partial charge is 0.378 e. The Labute approximate surface area is 178 Å². The van der Waals surface area contributed by atoms with Gasteiger partial charge in [-0.2, -0.15) is 0 Å². The molecule has 5 heteroatoms. The number of amides is 1. The van der Waals surface area contributed by atoms with E-state index >= 15 is 0 Å². The fourth-order valence-electron chi connectivity index (χ4n) is 3.15. The van der Waals surface area contributed by atoms with E-state index in [2.05, 4.69) is 15.9 Å². The van der Waals surface area contributed by atoms with Crippen LogP contribution in [-0.4, -0.2) is 25.8 Å². The Morgan fingerprint density at radius 2 is 1.55 bits per heavy atom. The minimum absolute atomic E-state index is 0.134. The van der Waals surface area contributed by atoms with Crippen LogP contribution in [0.4, 0.5) is 11.4 Å². The first-order valence-electron chi connectivity index (χ1n) is 9.26. The summed E-state index contributed by atoms with van der Waals surface area (Å²) in [4.78, 5) is 21.7. The van der Waals surface area contributed by atoms with E-state index in [0.717, 1.165) is 27.0 Å². The van der Waals surface area contributed by atoms with Crippen molar-refractivity contribution in [1.29, 1.82) is 0 Å². The van der Waals surface area contributed by atoms with Crippen LogP contribution in [0.5, 0.6) is 0 Å². The highest BCUT2D eigenvalue weighted by Gasteiger charge is 2.32. The normalized spacial score (nSPS) is 15.0. The first-order chi connectivity index (χ1) is 14.0. The van der Waals surface area contributed by atoms with Crippen LogP contribution in [0.1, 0.15) is 11.1 Å². The van der Waals surface area contributed by atoms with Crippen LogP contribution in [0.25, 0.3) is 6.08 Å². The number of nitrogens with zero attached hydrogens (tertiary/aromatic N) is 3. The Hall–Kier alpha value is -3.18. The van der Waals surface area contributed by atoms with Crippen LogP contribution in [0.3, 0.4) is 0 Å². The molecule has 0 N–H and O–H groups in total. The standard InChI is InChI=1S/C24H20BrN3O/c1-27(2)20-14-8-17(9-15-20)16-22-24(29)28(21-6-4-3-5-7-21)23(26-22)18-10-12-19(25)13-11-18/h3-16H,1-2H3/b22-16+. The molecular formula is C24H20BrN3O. The Bertz CT molecular complexity index is 1090. The van der Waals surface area contributed by atoms with E-state index < -0.39 is 0 Å². The van der Waals surface area contributed by atoms with Crippen molar-refractivity contribution >= 4 is 45.1 Å². The number of para-hydroxylation sites is 1. The molecule has 3 aromatic carbocycles. The van der Waals surface area contributed by atoms with Gasteiger partial charge in [0.2, 0.25) is 0 Å². The summed E-state index contributed by atoms with van der Waals surface area (Å²) in [5.74, 6) is 0.496. The predicted octanol–water partition coefficient (Wildman–Crippen LogP) is 5.35. The Morgan fingerprint density at radius 3 is 2.17 bits per heavy atom. The van der Waals surface area contributed by atoms with Gasteiger partial charge in [0, 0.05) is 29.8 Å². The van der Waals surface area contributed by atoms with Gasteiger partial charge in [-0.05, 0) is 48.0 Å². The van der Waals surface area contributed by atoms with Crippen LogP contribution in [0.15, 0.2) is 94.0 Å². The molecule has 3 aromatic rings. The number of benzene rings is 3. The molecule has 0 radical (unpaired) electrons. The van der Waals surface area contributed by atoms with Crippen LogP contribution < -0.4 is 9.80 Å². The summed E-state index contributed by atoms with van der Waals surface area (Å²) in [6.45, 7) is 0. The monoisotopic (exact) mass is 445 g/mol. The fourth-order valence-corrected chi connectivity index (χ4v) is 3.42. The van der Waals surface area contributed by atoms with Crippen LogP contribution >= 0.6 is 15.9 Å². The quantitative estimate of drug-likeness (QED) is 0.507. The number of amidine groups is 1. The second kappa shape index (κ2) is 8.05. The summed E-state index contributed by atoms with van der Waals surface area (Å²) < 4.78 is 0.981. The maximum atomic E-state index is 13.3. The fraction of sp³-hybridized carbons (Fsp3) is 0.0833. The van der Waals surface area contributed by atoms with Crippen LogP contribution in [0, 0.1) is 0 Å². The molecule has 0 aromatic heterocycles. The molecule has 0 saturated carbocycles. The summed E-state index contributed by atoms with van der Waals surface area (Å²) in [6.07, 6.45) is 1.84. The molecule has 0 spiro atoms. The number of hydrogen-bond acceptors (Lipinski definition) is 3. The van der Waals surface area contributed by atoms with Crippen molar-refractivity contribution in [2.24, 2.45) is 4.99 Å². The number of carbonyl (C=O) groups excluding carboxylic acids is 1. The minimum atomic E-state index is -0.134. The van der Waals surface area contributed by atoms with Gasteiger partial charge in [0.05, 0.1) is 5.69 Å². The topological polar surface area (TPSA) is 35.9 Å². The van der Waals surface area contributed by atoms with Gasteiger partial charge in [-0.15, -0.1) is 0 Å². The maximum absolute atomic E-state index is 13.3. The van der Waals surface area contributed by atoms with E-state index in [4.69, 9.17) is 4.99 Å². The molecule has 0 bridgehead atoms. The van der Waals surface area contributed by atoms with Crippen molar-refractivity contribution in [2.45, 2.75) is 0 Å². The predicted molar refractivity (Wildman–Crippen MR) is 123 cm³/mol. The summed E-state index contributed by atoms with van der Waals surface area (Å²) in [6, 6.07) is 25.5. The Kier molecular flexibility index (Phi) is 5.32. The van der Waals surface area contributed by atoms with E-state index in [1.807, 2.05) is 104 Å². The van der Waals surface area contributed by atoms with E-state index in [0.29, 0.717) is 11.5 Å². The maximum Gasteiger partial charge on any atom is 0.282 e. The van der Waals surface area contributed by atoms with E-state index in [1.54, 1.807) is 4.90 Å². The third-order valence-electron chi connectivity index (χ3n) is 4.69. The molecule has 4 nitrogen and oxygen atoms in total. The van der Waals surface area contributed by atoms with Crippen LogP contribution in [-0.2, 0) is 4.79 Å². The van der Waals surface area contributed by atoms with Crippen molar-refractivity contribution in [3.8, 4) is 0 Å². The van der Waals surface area contributed by atoms with E-state index in [1.165, 1.54) is 0 Å². The molecule has 0 saturated heterocycles. The van der Waals surface area contributed by atoms with Crippen molar-refractivity contribution in [2.75, 3.05) is 23.9 Å². The molecule has 29 heavy (non-hydrogen) atoms. The second-order valence-electron chi connectivity index (χ2n) is 6.93. The van der Waals surface area contributed by atoms with Gasteiger partial charge in [0.15, 0.2) is 0 Å². The zero-order valence-corrected chi connectivity index (χ0v) is 17.8. The lowest BCUT2D eigenvalue weighted by Gasteiger charge is -2.18. The average Bonchev–Trinajstić information content (AvgIpc) is 3.05. The van der Waals surface area contributed by atoms with Gasteiger partial charge in [-0.3, -0.25) is 9.69 Å². The number of halogens is 1. The SMILES string of the molecule is CN(C)c1ccc(/C=C2/N=C(c3ccc(Br)cc3)N(c3ccccc3)C2=O)cc1. The van der Waals surface area contributed by atoms with E-state index in [9.17, 15) is 4.79 Å². The van der Waals surface area contributed by atoms with Gasteiger partial charge >= 0.3 is 0 Å². The summed E-state index contributed by atoms with van der Waals surface area (Å²) in [5, 5.41) is 0. The molecule has 4 rings (SSSR count). The highest BCUT2D eigenvalue weighted by atomic mass is 79.9. The molecule has 1 amide bonds. The third-order valence-corrected chi connectivity index (χ3v) is 5.22. The lowest BCUT2D eigenvalue weighted by atomic mass is 10.1. The second-order valence-corrected chi connectivity index (χ2v) is 7.85. The van der Waals surface area contributed by atoms with Gasteiger partial charge in [0.25, 0.3) is 5.91 Å². The Balaban J connectivity index is 1.77. The molecular weight excluding hydrogens is 426 g/mol. The summed E-state index contributed by atoms with van der Waals surface area (Å²) in [5.41, 5.74) is 4.15. The first kappa shape index (κ1) is 19.2. The number of rotatable bonds is 4. The van der Waals surface area contributed by atoms with E-state index in [-0.39, 0.29) is 5.91 Å². The molecule has 0 aliphatic carbocycles. The molecule has 0 atom stereocenters. The molecule has 144 valence electrons. The zero-order chi connectivity index (χ0) is 20.4. The summed E-state index contributed by atoms with van der Waals surface area (Å²) >= 11 is 3.46. The summed E-state index contributed by atoms with van der Waals surface area (Å²) in [7, 11) is 4.00. The Morgan fingerprint density at radius 1 is 0.897 bits per heavy atom. The average molecular weight is 446 g/mol. The van der Waals surface area contributed by atoms with Crippen molar-refractivity contribution in [3.05, 3.63) is 100 Å². The molecule has 0 unspecified atom stereocenters. The minimum Gasteiger partial charge on any atom is -0.378 e. The molecule has 1 aliphatic rings. The number of hydrogen-bond donors (Lipinski definition) is 0. The van der Waals surface area contributed by atoms with Gasteiger partial charge in [-0.25, -0.2) is 4.99 Å². The molecule has 1 aliphatic heterocycles. The van der Waals surface area contributed by atoms with Gasteiger partial charge < -0.3 is 4.90 Å². The zero-order valence-electron chi connectivity index (χ0n) is 16.2. The van der Waals surface area contributed by atoms with Crippen molar-refractivity contribution in [1.82, 2.24) is 0 Å². The van der Waals surface area contributed by atoms with Crippen molar-refractivity contribution < 1.29 is 4.79 Å². The highest BCUT2D eigenvalue weighted by Crippen LogP contribution is 2.28. The number of aliphatic imine (C=N–C) groups is 1. The number of carbonyl (C=O) groups is 1. The highest BCUT2D eigenvalue weighted by molar-refractivity contribution is 9.10. The smallest absolute Gasteiger partial charge is 0.282 e.